The molecule has 0 aliphatic rings. The molecule has 19 heavy (non-hydrogen) atoms. The first-order valence-electron chi connectivity index (χ1n) is 6.18. The smallest absolute Gasteiger partial charge is 0.408 e. The van der Waals surface area contributed by atoms with Gasteiger partial charge in [0.15, 0.2) is 0 Å². The molecule has 0 aliphatic carbocycles. The number of nitrogens with zero attached hydrogens (tertiary/aromatic N) is 1. The van der Waals surface area contributed by atoms with Gasteiger partial charge in [0.2, 0.25) is 0 Å². The molecule has 0 fully saturated rings. The van der Waals surface area contributed by atoms with E-state index in [0.717, 1.165) is 10.5 Å². The van der Waals surface area contributed by atoms with E-state index in [-0.39, 0.29) is 12.5 Å². The van der Waals surface area contributed by atoms with Crippen LogP contribution in [0.1, 0.15) is 25.8 Å². The Hall–Kier alpha value is -2.04. The summed E-state index contributed by atoms with van der Waals surface area (Å²) in [5.41, 5.74) is 0.778. The van der Waals surface area contributed by atoms with Gasteiger partial charge in [-0.15, -0.1) is 0 Å². The van der Waals surface area contributed by atoms with Crippen molar-refractivity contribution in [1.82, 2.24) is 4.90 Å². The van der Waals surface area contributed by atoms with Crippen molar-refractivity contribution in [3.05, 3.63) is 35.9 Å². The van der Waals surface area contributed by atoms with Crippen LogP contribution in [-0.4, -0.2) is 33.2 Å². The molecule has 0 unspecified atom stereocenters. The Bertz CT molecular complexity index is 430. The van der Waals surface area contributed by atoms with Gasteiger partial charge in [0.1, 0.15) is 6.04 Å². The molecule has 1 atom stereocenters. The van der Waals surface area contributed by atoms with E-state index in [9.17, 15) is 19.8 Å². The monoisotopic (exact) mass is 265 g/mol. The summed E-state index contributed by atoms with van der Waals surface area (Å²) in [6, 6.07) is 7.98. The molecular formula is C14H19NO4. The van der Waals surface area contributed by atoms with E-state index in [1.165, 1.54) is 0 Å². The lowest BCUT2D eigenvalue weighted by atomic mass is 10.0. The van der Waals surface area contributed by atoms with E-state index in [2.05, 4.69) is 0 Å². The van der Waals surface area contributed by atoms with Crippen LogP contribution in [0.25, 0.3) is 0 Å². The SMILES string of the molecule is CC(C)C[C@@H](C(=O)O)N(Cc1ccccc1)C(=O)O. The number of carboxylic acid groups (broad SMARTS) is 2. The average Bonchev–Trinajstić information content (AvgIpc) is 2.34. The van der Waals surface area contributed by atoms with Crippen LogP contribution < -0.4 is 0 Å². The average molecular weight is 265 g/mol. The highest BCUT2D eigenvalue weighted by molar-refractivity contribution is 5.79. The third-order valence-electron chi connectivity index (χ3n) is 2.80. The Balaban J connectivity index is 2.91. The van der Waals surface area contributed by atoms with Gasteiger partial charge in [0.25, 0.3) is 0 Å². The molecule has 104 valence electrons. The van der Waals surface area contributed by atoms with Gasteiger partial charge in [0, 0.05) is 6.54 Å². The number of carboxylic acids is 1. The molecule has 0 heterocycles. The molecule has 1 rings (SSSR count). The van der Waals surface area contributed by atoms with E-state index < -0.39 is 18.1 Å². The molecule has 0 aliphatic heterocycles. The Morgan fingerprint density at radius 2 is 1.74 bits per heavy atom. The first-order chi connectivity index (χ1) is 8.91. The fraction of sp³-hybridized carbons (Fsp3) is 0.429. The second-order valence-corrected chi connectivity index (χ2v) is 4.88. The van der Waals surface area contributed by atoms with Crippen LogP contribution in [0.3, 0.4) is 0 Å². The largest absolute Gasteiger partial charge is 0.480 e. The van der Waals surface area contributed by atoms with Crippen molar-refractivity contribution in [1.29, 1.82) is 0 Å². The molecule has 0 bridgehead atoms. The third-order valence-corrected chi connectivity index (χ3v) is 2.80. The lowest BCUT2D eigenvalue weighted by molar-refractivity contribution is -0.143. The van der Waals surface area contributed by atoms with E-state index in [1.54, 1.807) is 24.3 Å². The molecule has 0 radical (unpaired) electrons. The van der Waals surface area contributed by atoms with Crippen LogP contribution in [-0.2, 0) is 11.3 Å². The summed E-state index contributed by atoms with van der Waals surface area (Å²) in [5.74, 6) is -0.995. The first kappa shape index (κ1) is 15.0. The van der Waals surface area contributed by atoms with Crippen LogP contribution in [0.2, 0.25) is 0 Å². The maximum absolute atomic E-state index is 11.3. The molecule has 1 aromatic rings. The molecule has 0 saturated carbocycles. The zero-order valence-electron chi connectivity index (χ0n) is 11.1. The third kappa shape index (κ3) is 4.62. The molecule has 2 N–H and O–H groups in total. The standard InChI is InChI=1S/C14H19NO4/c1-10(2)8-12(13(16)17)15(14(18)19)9-11-6-4-3-5-7-11/h3-7,10,12H,8-9H2,1-2H3,(H,16,17)(H,18,19)/t12-/m0/s1. The number of carbonyl (C=O) groups is 2. The molecule has 5 heteroatoms. The van der Waals surface area contributed by atoms with Gasteiger partial charge >= 0.3 is 12.1 Å². The minimum Gasteiger partial charge on any atom is -0.480 e. The molecule has 0 aromatic heterocycles. The van der Waals surface area contributed by atoms with E-state index in [4.69, 9.17) is 0 Å². The summed E-state index contributed by atoms with van der Waals surface area (Å²) < 4.78 is 0. The summed E-state index contributed by atoms with van der Waals surface area (Å²) in [6.07, 6.45) is -0.911. The van der Waals surface area contributed by atoms with Crippen molar-refractivity contribution in [3.8, 4) is 0 Å². The Labute approximate surface area is 112 Å². The minimum absolute atomic E-state index is 0.0832. The van der Waals surface area contributed by atoms with Gasteiger partial charge in [-0.2, -0.15) is 0 Å². The second-order valence-electron chi connectivity index (χ2n) is 4.88. The van der Waals surface area contributed by atoms with Gasteiger partial charge in [-0.1, -0.05) is 44.2 Å². The Kier molecular flexibility index (Phi) is 5.36. The maximum Gasteiger partial charge on any atom is 0.408 e. The Morgan fingerprint density at radius 3 is 2.16 bits per heavy atom. The summed E-state index contributed by atoms with van der Waals surface area (Å²) in [7, 11) is 0. The fourth-order valence-corrected chi connectivity index (χ4v) is 1.90. The van der Waals surface area contributed by atoms with Crippen molar-refractivity contribution in [2.75, 3.05) is 0 Å². The van der Waals surface area contributed by atoms with Crippen LogP contribution in [0.4, 0.5) is 4.79 Å². The highest BCUT2D eigenvalue weighted by Crippen LogP contribution is 2.16. The molecule has 1 aromatic carbocycles. The first-order valence-corrected chi connectivity index (χ1v) is 6.18. The lowest BCUT2D eigenvalue weighted by Crippen LogP contribution is -2.44. The Morgan fingerprint density at radius 1 is 1.16 bits per heavy atom. The summed E-state index contributed by atoms with van der Waals surface area (Å²) in [5, 5.41) is 18.4. The zero-order chi connectivity index (χ0) is 14.4. The summed E-state index contributed by atoms with van der Waals surface area (Å²) in [6.45, 7) is 3.83. The second kappa shape index (κ2) is 6.78. The van der Waals surface area contributed by atoms with Crippen molar-refractivity contribution >= 4 is 12.1 Å². The number of hydrogen-bond acceptors (Lipinski definition) is 2. The van der Waals surface area contributed by atoms with Gasteiger partial charge in [-0.25, -0.2) is 9.59 Å². The highest BCUT2D eigenvalue weighted by Gasteiger charge is 2.30. The number of amides is 1. The van der Waals surface area contributed by atoms with Crippen molar-refractivity contribution in [2.45, 2.75) is 32.9 Å². The highest BCUT2D eigenvalue weighted by atomic mass is 16.4. The molecule has 0 saturated heterocycles. The number of aliphatic carboxylic acids is 1. The van der Waals surface area contributed by atoms with Crippen LogP contribution in [0.5, 0.6) is 0 Å². The molecule has 0 spiro atoms. The van der Waals surface area contributed by atoms with Crippen molar-refractivity contribution in [3.63, 3.8) is 0 Å². The zero-order valence-corrected chi connectivity index (χ0v) is 11.1. The maximum atomic E-state index is 11.3. The topological polar surface area (TPSA) is 77.8 Å². The predicted molar refractivity (Wildman–Crippen MR) is 70.9 cm³/mol. The molecule has 5 nitrogen and oxygen atoms in total. The number of benzene rings is 1. The minimum atomic E-state index is -1.21. The number of hydrogen-bond donors (Lipinski definition) is 2. The van der Waals surface area contributed by atoms with Crippen molar-refractivity contribution < 1.29 is 19.8 Å². The molecular weight excluding hydrogens is 246 g/mol. The van der Waals surface area contributed by atoms with Crippen LogP contribution >= 0.6 is 0 Å². The van der Waals surface area contributed by atoms with E-state index >= 15 is 0 Å². The van der Waals surface area contributed by atoms with E-state index in [1.807, 2.05) is 19.9 Å². The van der Waals surface area contributed by atoms with Gasteiger partial charge in [-0.05, 0) is 17.9 Å². The predicted octanol–water partition coefficient (Wildman–Crippen LogP) is 2.67. The summed E-state index contributed by atoms with van der Waals surface area (Å²) >= 11 is 0. The van der Waals surface area contributed by atoms with Crippen molar-refractivity contribution in [2.24, 2.45) is 5.92 Å². The van der Waals surface area contributed by atoms with Gasteiger partial charge in [0.05, 0.1) is 0 Å². The number of rotatable bonds is 6. The summed E-state index contributed by atoms with van der Waals surface area (Å²) in [4.78, 5) is 23.5. The fourth-order valence-electron chi connectivity index (χ4n) is 1.90. The van der Waals surface area contributed by atoms with Gasteiger partial charge in [-0.3, -0.25) is 4.90 Å². The van der Waals surface area contributed by atoms with Crippen LogP contribution in [0.15, 0.2) is 30.3 Å². The van der Waals surface area contributed by atoms with E-state index in [0.29, 0.717) is 6.42 Å². The molecule has 1 amide bonds. The van der Waals surface area contributed by atoms with Gasteiger partial charge < -0.3 is 10.2 Å². The lowest BCUT2D eigenvalue weighted by Gasteiger charge is -2.27. The quantitative estimate of drug-likeness (QED) is 0.829. The normalized spacial score (nSPS) is 12.2. The van der Waals surface area contributed by atoms with Crippen LogP contribution in [0, 0.1) is 5.92 Å².